The smallest absolute Gasteiger partial charge is 0.197 e. The molecule has 0 radical (unpaired) electrons. The maximum Gasteiger partial charge on any atom is 0.197 e. The van der Waals surface area contributed by atoms with Gasteiger partial charge in [0.1, 0.15) is 34.0 Å². The molecule has 0 aliphatic rings. The number of hydrogen-bond acceptors (Lipinski definition) is 5. The summed E-state index contributed by atoms with van der Waals surface area (Å²) in [6, 6.07) is 9.03. The van der Waals surface area contributed by atoms with Gasteiger partial charge in [0.05, 0.1) is 0 Å². The highest BCUT2D eigenvalue weighted by Gasteiger charge is 2.16. The van der Waals surface area contributed by atoms with E-state index in [2.05, 4.69) is 0 Å². The van der Waals surface area contributed by atoms with Crippen LogP contribution < -0.4 is 5.43 Å². The van der Waals surface area contributed by atoms with Crippen molar-refractivity contribution in [1.29, 1.82) is 0 Å². The number of phenols is 3. The van der Waals surface area contributed by atoms with Crippen LogP contribution in [-0.2, 0) is 6.42 Å². The maximum atomic E-state index is 12.5. The normalized spacial score (nSPS) is 11.2. The van der Waals surface area contributed by atoms with Gasteiger partial charge in [-0.1, -0.05) is 29.9 Å². The number of phenolic OH excluding ortho intramolecular Hbond substituents is 3. The van der Waals surface area contributed by atoms with Crippen molar-refractivity contribution < 1.29 is 19.7 Å². The molecule has 0 unspecified atom stereocenters. The Balaban J connectivity index is 2.13. The highest BCUT2D eigenvalue weighted by atomic mass is 16.3. The Kier molecular flexibility index (Phi) is 5.03. The lowest BCUT2D eigenvalue weighted by atomic mass is 10.0. The second-order valence-corrected chi connectivity index (χ2v) is 6.52. The summed E-state index contributed by atoms with van der Waals surface area (Å²) < 4.78 is 5.83. The Bertz CT molecular complexity index is 1100. The van der Waals surface area contributed by atoms with Gasteiger partial charge in [0.25, 0.3) is 0 Å². The van der Waals surface area contributed by atoms with E-state index < -0.39 is 5.43 Å². The van der Waals surface area contributed by atoms with E-state index in [1.165, 1.54) is 12.1 Å². The van der Waals surface area contributed by atoms with Crippen molar-refractivity contribution in [2.75, 3.05) is 0 Å². The highest BCUT2D eigenvalue weighted by molar-refractivity contribution is 5.89. The van der Waals surface area contributed by atoms with Crippen molar-refractivity contribution in [1.82, 2.24) is 0 Å². The second-order valence-electron chi connectivity index (χ2n) is 6.52. The highest BCUT2D eigenvalue weighted by Crippen LogP contribution is 2.34. The third-order valence-corrected chi connectivity index (χ3v) is 4.13. The summed E-state index contributed by atoms with van der Waals surface area (Å²) in [5.74, 6) is 0.0230. The average molecular weight is 364 g/mol. The molecule has 3 rings (SSSR count). The largest absolute Gasteiger partial charge is 0.508 e. The molecule has 138 valence electrons. The molecule has 2 aromatic carbocycles. The van der Waals surface area contributed by atoms with E-state index in [4.69, 9.17) is 4.42 Å². The van der Waals surface area contributed by atoms with E-state index in [9.17, 15) is 20.1 Å². The van der Waals surface area contributed by atoms with Crippen LogP contribution in [0.25, 0.3) is 23.1 Å². The van der Waals surface area contributed by atoms with E-state index in [1.54, 1.807) is 36.4 Å². The molecular weight excluding hydrogens is 344 g/mol. The van der Waals surface area contributed by atoms with Crippen molar-refractivity contribution in [3.8, 4) is 17.2 Å². The van der Waals surface area contributed by atoms with Crippen molar-refractivity contribution in [3.63, 3.8) is 0 Å². The van der Waals surface area contributed by atoms with Gasteiger partial charge < -0.3 is 19.7 Å². The average Bonchev–Trinajstić information content (AvgIpc) is 2.60. The molecule has 5 nitrogen and oxygen atoms in total. The molecule has 0 spiro atoms. The van der Waals surface area contributed by atoms with Gasteiger partial charge in [-0.25, -0.2) is 0 Å². The molecule has 0 atom stereocenters. The lowest BCUT2D eigenvalue weighted by Gasteiger charge is -2.09. The minimum absolute atomic E-state index is 0.0479. The third-order valence-electron chi connectivity index (χ3n) is 4.13. The van der Waals surface area contributed by atoms with Crippen molar-refractivity contribution >= 4 is 23.1 Å². The molecule has 0 fully saturated rings. The Morgan fingerprint density at radius 3 is 2.37 bits per heavy atom. The van der Waals surface area contributed by atoms with Gasteiger partial charge in [0.15, 0.2) is 5.43 Å². The Morgan fingerprint density at radius 1 is 1.00 bits per heavy atom. The number of fused-ring (bicyclic) bond motifs is 1. The fourth-order valence-electron chi connectivity index (χ4n) is 2.72. The summed E-state index contributed by atoms with van der Waals surface area (Å²) in [4.78, 5) is 12.5. The number of rotatable bonds is 4. The second kappa shape index (κ2) is 7.41. The Hall–Kier alpha value is -3.47. The van der Waals surface area contributed by atoms with Crippen LogP contribution in [0, 0.1) is 0 Å². The SMILES string of the molecule is CC(C)=CCc1c(O)cc(O)c2c(=O)cc(C=Cc3ccc(O)cc3)oc12. The Labute approximate surface area is 156 Å². The molecule has 1 heterocycles. The lowest BCUT2D eigenvalue weighted by molar-refractivity contribution is 0.447. The van der Waals surface area contributed by atoms with Gasteiger partial charge in [-0.2, -0.15) is 0 Å². The number of aromatic hydroxyl groups is 3. The summed E-state index contributed by atoms with van der Waals surface area (Å²) in [6.45, 7) is 3.86. The lowest BCUT2D eigenvalue weighted by Crippen LogP contribution is -2.03. The van der Waals surface area contributed by atoms with Gasteiger partial charge >= 0.3 is 0 Å². The topological polar surface area (TPSA) is 90.9 Å². The fraction of sp³-hybridized carbons (Fsp3) is 0.136. The summed E-state index contributed by atoms with van der Waals surface area (Å²) >= 11 is 0. The molecular formula is C22H20O5. The number of hydrogen-bond donors (Lipinski definition) is 3. The predicted molar refractivity (Wildman–Crippen MR) is 106 cm³/mol. The molecule has 0 aliphatic carbocycles. The minimum Gasteiger partial charge on any atom is -0.508 e. The van der Waals surface area contributed by atoms with Gasteiger partial charge in [-0.15, -0.1) is 0 Å². The maximum absolute atomic E-state index is 12.5. The fourth-order valence-corrected chi connectivity index (χ4v) is 2.72. The minimum atomic E-state index is -0.391. The van der Waals surface area contributed by atoms with E-state index in [0.29, 0.717) is 17.7 Å². The summed E-state index contributed by atoms with van der Waals surface area (Å²) in [7, 11) is 0. The van der Waals surface area contributed by atoms with E-state index in [-0.39, 0.29) is 28.2 Å². The Morgan fingerprint density at radius 2 is 1.70 bits per heavy atom. The molecule has 0 saturated carbocycles. The van der Waals surface area contributed by atoms with Crippen LogP contribution in [-0.4, -0.2) is 15.3 Å². The first kappa shape index (κ1) is 18.3. The molecule has 0 aliphatic heterocycles. The quantitative estimate of drug-likeness (QED) is 0.589. The van der Waals surface area contributed by atoms with Crippen LogP contribution in [0.5, 0.6) is 17.2 Å². The molecule has 3 aromatic rings. The van der Waals surface area contributed by atoms with E-state index >= 15 is 0 Å². The van der Waals surface area contributed by atoms with Crippen LogP contribution in [0.4, 0.5) is 0 Å². The first-order valence-corrected chi connectivity index (χ1v) is 8.47. The number of benzene rings is 2. The van der Waals surface area contributed by atoms with Gasteiger partial charge in [-0.05, 0) is 44.0 Å². The first-order chi connectivity index (χ1) is 12.8. The molecule has 5 heteroatoms. The third kappa shape index (κ3) is 4.03. The van der Waals surface area contributed by atoms with Crippen LogP contribution in [0.1, 0.15) is 30.7 Å². The molecule has 0 bridgehead atoms. The molecule has 27 heavy (non-hydrogen) atoms. The zero-order chi connectivity index (χ0) is 19.6. The summed E-state index contributed by atoms with van der Waals surface area (Å²) in [6.07, 6.45) is 5.64. The summed E-state index contributed by atoms with van der Waals surface area (Å²) in [5, 5.41) is 29.7. The van der Waals surface area contributed by atoms with Crippen LogP contribution in [0.2, 0.25) is 0 Å². The van der Waals surface area contributed by atoms with Crippen molar-refractivity contribution in [2.45, 2.75) is 20.3 Å². The predicted octanol–water partition coefficient (Wildman–Crippen LogP) is 4.59. The van der Waals surface area contributed by atoms with Gasteiger partial charge in [-0.3, -0.25) is 4.79 Å². The zero-order valence-corrected chi connectivity index (χ0v) is 15.1. The van der Waals surface area contributed by atoms with Crippen LogP contribution >= 0.6 is 0 Å². The van der Waals surface area contributed by atoms with Crippen LogP contribution in [0.3, 0.4) is 0 Å². The van der Waals surface area contributed by atoms with Crippen molar-refractivity contribution in [3.05, 3.63) is 75.2 Å². The van der Waals surface area contributed by atoms with Gasteiger partial charge in [0.2, 0.25) is 0 Å². The molecule has 3 N–H and O–H groups in total. The van der Waals surface area contributed by atoms with E-state index in [1.807, 2.05) is 19.9 Å². The monoisotopic (exact) mass is 364 g/mol. The van der Waals surface area contributed by atoms with Gasteiger partial charge in [0, 0.05) is 17.7 Å². The molecule has 0 amide bonds. The first-order valence-electron chi connectivity index (χ1n) is 8.47. The van der Waals surface area contributed by atoms with Crippen molar-refractivity contribution in [2.24, 2.45) is 0 Å². The zero-order valence-electron chi connectivity index (χ0n) is 15.1. The summed E-state index contributed by atoms with van der Waals surface area (Å²) in [5.41, 5.74) is 2.10. The standard InChI is InChI=1S/C22H20O5/c1-13(2)3-10-17-18(24)12-20(26)21-19(25)11-16(27-22(17)21)9-6-14-4-7-15(23)8-5-14/h3-9,11-12,23-24,26H,10H2,1-2H3. The number of allylic oxidation sites excluding steroid dienone is 2. The molecule has 1 aromatic heterocycles. The van der Waals surface area contributed by atoms with Crippen LogP contribution in [0.15, 0.2) is 57.3 Å². The van der Waals surface area contributed by atoms with E-state index in [0.717, 1.165) is 11.1 Å². The molecule has 0 saturated heterocycles.